The van der Waals surface area contributed by atoms with E-state index in [1.54, 1.807) is 24.3 Å². The number of rotatable bonds is 4. The number of ketones is 1. The number of aliphatic hydroxyl groups excluding tert-OH is 1. The summed E-state index contributed by atoms with van der Waals surface area (Å²) in [6.07, 6.45) is 0. The second-order valence-corrected chi connectivity index (χ2v) is 6.75. The zero-order valence-electron chi connectivity index (χ0n) is 15.8. The van der Waals surface area contributed by atoms with Gasteiger partial charge in [0.1, 0.15) is 22.9 Å². The molecular weight excluding hydrogens is 368 g/mol. The van der Waals surface area contributed by atoms with Crippen LogP contribution in [0.15, 0.2) is 35.6 Å². The largest absolute Gasteiger partial charge is 0.511 e. The minimum absolute atomic E-state index is 0.320. The normalized spacial score (nSPS) is 27.6. The maximum absolute atomic E-state index is 13.0. The van der Waals surface area contributed by atoms with Crippen molar-refractivity contribution in [3.63, 3.8) is 0 Å². The molecule has 0 fully saturated rings. The fraction of sp³-hybridized carbons (Fsp3) is 0.400. The first-order chi connectivity index (χ1) is 13.3. The second kappa shape index (κ2) is 6.78. The number of carbonyl (C=O) groups is 4. The first-order valence-electron chi connectivity index (χ1n) is 8.56. The van der Waals surface area contributed by atoms with Crippen LogP contribution in [0.5, 0.6) is 0 Å². The fourth-order valence-electron chi connectivity index (χ4n) is 4.71. The lowest BCUT2D eigenvalue weighted by molar-refractivity contribution is -0.164. The number of ether oxygens (including phenoxy) is 3. The highest BCUT2D eigenvalue weighted by Crippen LogP contribution is 2.66. The van der Waals surface area contributed by atoms with Crippen LogP contribution in [0.25, 0.3) is 0 Å². The summed E-state index contributed by atoms with van der Waals surface area (Å²) in [6, 6.07) is 6.67. The second-order valence-electron chi connectivity index (χ2n) is 6.75. The number of carbonyl (C=O) groups excluding carboxylic acids is 4. The van der Waals surface area contributed by atoms with Gasteiger partial charge in [0.2, 0.25) is 0 Å². The zero-order chi connectivity index (χ0) is 20.8. The number of methoxy groups -OCH3 is 3. The monoisotopic (exact) mass is 388 g/mol. The van der Waals surface area contributed by atoms with Gasteiger partial charge in [0.15, 0.2) is 0 Å². The third kappa shape index (κ3) is 2.23. The number of esters is 3. The van der Waals surface area contributed by atoms with Gasteiger partial charge in [0, 0.05) is 11.8 Å². The molecule has 148 valence electrons. The lowest BCUT2D eigenvalue weighted by Gasteiger charge is -2.42. The van der Waals surface area contributed by atoms with E-state index < -0.39 is 52.6 Å². The van der Waals surface area contributed by atoms with Crippen LogP contribution in [0.4, 0.5) is 0 Å². The Labute approximate surface area is 161 Å². The maximum Gasteiger partial charge on any atom is 0.337 e. The van der Waals surface area contributed by atoms with Gasteiger partial charge in [-0.3, -0.25) is 14.4 Å². The zero-order valence-corrected chi connectivity index (χ0v) is 15.8. The van der Waals surface area contributed by atoms with E-state index >= 15 is 0 Å². The van der Waals surface area contributed by atoms with Crippen LogP contribution >= 0.6 is 0 Å². The molecule has 1 N–H and O–H groups in total. The number of fused-ring (bicyclic) bond motifs is 5. The molecule has 2 bridgehead atoms. The summed E-state index contributed by atoms with van der Waals surface area (Å²) in [4.78, 5) is 51.2. The van der Waals surface area contributed by atoms with Gasteiger partial charge < -0.3 is 19.3 Å². The van der Waals surface area contributed by atoms with Crippen LogP contribution in [-0.4, -0.2) is 50.1 Å². The van der Waals surface area contributed by atoms with Gasteiger partial charge in [0.05, 0.1) is 26.9 Å². The molecule has 0 saturated carbocycles. The average Bonchev–Trinajstić information content (AvgIpc) is 2.93. The molecule has 0 heterocycles. The van der Waals surface area contributed by atoms with Crippen molar-refractivity contribution in [3.8, 4) is 0 Å². The lowest BCUT2D eigenvalue weighted by Crippen LogP contribution is -2.53. The summed E-state index contributed by atoms with van der Waals surface area (Å²) in [7, 11) is 3.35. The molecule has 1 aromatic rings. The van der Waals surface area contributed by atoms with Crippen LogP contribution in [0.3, 0.4) is 0 Å². The number of hydrogen-bond acceptors (Lipinski definition) is 8. The highest BCUT2D eigenvalue weighted by atomic mass is 16.5. The quantitative estimate of drug-likeness (QED) is 0.467. The molecule has 0 radical (unpaired) electrons. The molecule has 2 aliphatic rings. The summed E-state index contributed by atoms with van der Waals surface area (Å²) in [5.74, 6) is -7.55. The van der Waals surface area contributed by atoms with E-state index in [0.717, 1.165) is 21.3 Å². The number of benzene rings is 1. The molecule has 0 spiro atoms. The van der Waals surface area contributed by atoms with Gasteiger partial charge in [-0.15, -0.1) is 0 Å². The van der Waals surface area contributed by atoms with Gasteiger partial charge in [0.25, 0.3) is 0 Å². The maximum atomic E-state index is 13.0. The Kier molecular flexibility index (Phi) is 4.74. The van der Waals surface area contributed by atoms with E-state index in [1.807, 2.05) is 0 Å². The Morgan fingerprint density at radius 1 is 0.964 bits per heavy atom. The predicted octanol–water partition coefficient (Wildman–Crippen LogP) is 1.40. The molecule has 0 aliphatic heterocycles. The lowest BCUT2D eigenvalue weighted by atomic mass is 9.57. The number of hydrogen-bond donors (Lipinski definition) is 1. The van der Waals surface area contributed by atoms with E-state index in [1.165, 1.54) is 6.92 Å². The molecule has 0 saturated heterocycles. The minimum Gasteiger partial charge on any atom is -0.511 e. The van der Waals surface area contributed by atoms with Gasteiger partial charge in [-0.2, -0.15) is 0 Å². The first-order valence-corrected chi connectivity index (χ1v) is 8.56. The highest BCUT2D eigenvalue weighted by Gasteiger charge is 2.71. The van der Waals surface area contributed by atoms with E-state index in [0.29, 0.717) is 11.1 Å². The molecule has 4 atom stereocenters. The fourth-order valence-corrected chi connectivity index (χ4v) is 4.71. The Morgan fingerprint density at radius 3 is 2.07 bits per heavy atom. The van der Waals surface area contributed by atoms with Crippen molar-refractivity contribution in [2.24, 2.45) is 11.3 Å². The van der Waals surface area contributed by atoms with Crippen molar-refractivity contribution in [2.75, 3.05) is 21.3 Å². The molecular formula is C20H20O8. The Hall–Kier alpha value is -3.16. The van der Waals surface area contributed by atoms with Crippen molar-refractivity contribution in [2.45, 2.75) is 18.8 Å². The van der Waals surface area contributed by atoms with Crippen LogP contribution in [0.1, 0.15) is 29.9 Å². The van der Waals surface area contributed by atoms with Crippen molar-refractivity contribution in [1.29, 1.82) is 0 Å². The predicted molar refractivity (Wildman–Crippen MR) is 94.2 cm³/mol. The van der Waals surface area contributed by atoms with Crippen LogP contribution in [-0.2, 0) is 33.4 Å². The summed E-state index contributed by atoms with van der Waals surface area (Å²) in [6.45, 7) is 1.20. The van der Waals surface area contributed by atoms with E-state index in [2.05, 4.69) is 0 Å². The van der Waals surface area contributed by atoms with Crippen LogP contribution < -0.4 is 0 Å². The third-order valence-corrected chi connectivity index (χ3v) is 5.75. The van der Waals surface area contributed by atoms with Crippen LogP contribution in [0, 0.1) is 11.3 Å². The molecule has 1 aromatic carbocycles. The van der Waals surface area contributed by atoms with Crippen molar-refractivity contribution in [3.05, 3.63) is 46.7 Å². The summed E-state index contributed by atoms with van der Waals surface area (Å²) in [5.41, 5.74) is -1.26. The van der Waals surface area contributed by atoms with E-state index in [-0.39, 0.29) is 5.57 Å². The Morgan fingerprint density at radius 2 is 1.57 bits per heavy atom. The van der Waals surface area contributed by atoms with Crippen molar-refractivity contribution < 1.29 is 38.5 Å². The number of aliphatic hydroxyl groups is 1. The molecule has 28 heavy (non-hydrogen) atoms. The highest BCUT2D eigenvalue weighted by molar-refractivity contribution is 6.10. The van der Waals surface area contributed by atoms with E-state index in [9.17, 15) is 24.3 Å². The van der Waals surface area contributed by atoms with Crippen molar-refractivity contribution in [1.82, 2.24) is 0 Å². The molecule has 8 nitrogen and oxygen atoms in total. The van der Waals surface area contributed by atoms with Crippen LogP contribution in [0.2, 0.25) is 0 Å². The molecule has 3 rings (SSSR count). The summed E-state index contributed by atoms with van der Waals surface area (Å²) in [5, 5.41) is 10.9. The molecule has 8 heteroatoms. The van der Waals surface area contributed by atoms with Crippen molar-refractivity contribution >= 4 is 23.7 Å². The Balaban J connectivity index is 2.49. The third-order valence-electron chi connectivity index (χ3n) is 5.75. The average molecular weight is 388 g/mol. The van der Waals surface area contributed by atoms with Gasteiger partial charge in [-0.1, -0.05) is 24.3 Å². The van der Waals surface area contributed by atoms with Gasteiger partial charge in [-0.05, 0) is 18.1 Å². The summed E-state index contributed by atoms with van der Waals surface area (Å²) < 4.78 is 14.6. The topological polar surface area (TPSA) is 116 Å². The Bertz CT molecular complexity index is 915. The SMILES string of the molecule is COC(=O)C1=C(O)[C@H](C(=O)OC)[C@@H]2c3ccccc3[C@H]1[C@]2(C(C)=O)C(=O)OC. The number of Topliss-reactive ketones (excluding diaryl/α,β-unsaturated/α-hetero) is 1. The smallest absolute Gasteiger partial charge is 0.337 e. The standard InChI is InChI=1S/C20H20O8/c1-9(21)20(19(25)28-4)14-10-7-5-6-8-11(10)15(20)13(18(24)27-3)16(22)12(14)17(23)26-2/h5-8,12,14-15,22H,1-4H3/t12-,14+,15-,20-/m1/s1. The van der Waals surface area contributed by atoms with Gasteiger partial charge in [-0.25, -0.2) is 4.79 Å². The van der Waals surface area contributed by atoms with Gasteiger partial charge >= 0.3 is 17.9 Å². The molecule has 0 aromatic heterocycles. The van der Waals surface area contributed by atoms with E-state index in [4.69, 9.17) is 14.2 Å². The minimum atomic E-state index is -1.91. The first kappa shape index (κ1) is 19.6. The molecule has 0 amide bonds. The molecule has 2 aliphatic carbocycles. The summed E-state index contributed by atoms with van der Waals surface area (Å²) >= 11 is 0. The molecule has 0 unspecified atom stereocenters.